The number of fused-ring (bicyclic) bond motifs is 1. The Morgan fingerprint density at radius 2 is 1.94 bits per heavy atom. The highest BCUT2D eigenvalue weighted by Gasteiger charge is 2.53. The number of urea groups is 1. The number of aromatic carboxylic acids is 1. The normalized spacial score (nSPS) is 21.2. The van der Waals surface area contributed by atoms with Crippen LogP contribution >= 0.6 is 0 Å². The Bertz CT molecular complexity index is 1090. The Morgan fingerprint density at radius 1 is 1.23 bits per heavy atom. The quantitative estimate of drug-likeness (QED) is 0.267. The fraction of sp³-hybridized carbons (Fsp3) is 0.476. The molecule has 13 nitrogen and oxygen atoms in total. The Hall–Kier alpha value is -3.65. The SMILES string of the molecule is CCN1CCN(C(=O)N2CC(CN)(C(=O)N[C@H]3Cc4cccc(C(=O)O)c4OB3O)C2)C(=O)C1=O. The summed E-state index contributed by atoms with van der Waals surface area (Å²) in [4.78, 5) is 65.2. The number of likely N-dealkylation sites (N-methyl/N-ethyl adjacent to an activating group) is 1. The number of para-hydroxylation sites is 1. The molecule has 0 radical (unpaired) electrons. The molecule has 5 N–H and O–H groups in total. The van der Waals surface area contributed by atoms with Gasteiger partial charge in [-0.25, -0.2) is 9.59 Å². The van der Waals surface area contributed by atoms with Crippen LogP contribution in [0.1, 0.15) is 22.8 Å². The number of carboxylic acid groups (broad SMARTS) is 1. The molecule has 3 heterocycles. The molecule has 1 aromatic carbocycles. The minimum Gasteiger partial charge on any atom is -0.534 e. The van der Waals surface area contributed by atoms with Gasteiger partial charge in [0.05, 0.1) is 16.9 Å². The lowest BCUT2D eigenvalue weighted by molar-refractivity contribution is -0.154. The maximum atomic E-state index is 13.1. The van der Waals surface area contributed by atoms with Crippen LogP contribution in [0.25, 0.3) is 0 Å². The van der Waals surface area contributed by atoms with Crippen molar-refractivity contribution in [2.75, 3.05) is 39.3 Å². The van der Waals surface area contributed by atoms with Gasteiger partial charge in [0, 0.05) is 39.3 Å². The van der Waals surface area contributed by atoms with Gasteiger partial charge in [0.1, 0.15) is 5.75 Å². The van der Waals surface area contributed by atoms with Crippen LogP contribution in [0.2, 0.25) is 0 Å². The maximum Gasteiger partial charge on any atom is 0.547 e. The van der Waals surface area contributed by atoms with Gasteiger partial charge in [0.2, 0.25) is 5.91 Å². The number of likely N-dealkylation sites (tertiary alicyclic amines) is 1. The largest absolute Gasteiger partial charge is 0.547 e. The number of imide groups is 1. The standard InChI is InChI=1S/C21H26BN5O8/c1-2-25-6-7-27(17(29)16(25)28)20(33)26-10-21(9-23,11-26)19(32)24-14-8-12-4-3-5-13(18(30)31)15(12)35-22(14)34/h3-5,14,34H,2,6-11,23H2,1H3,(H,24,32)(H,30,31)/t14-/m0/s1. The van der Waals surface area contributed by atoms with E-state index in [0.29, 0.717) is 12.1 Å². The van der Waals surface area contributed by atoms with E-state index in [1.54, 1.807) is 19.1 Å². The van der Waals surface area contributed by atoms with Crippen molar-refractivity contribution >= 4 is 36.8 Å². The number of amides is 5. The number of rotatable bonds is 5. The summed E-state index contributed by atoms with van der Waals surface area (Å²) in [6.45, 7) is 2.20. The highest BCUT2D eigenvalue weighted by atomic mass is 16.5. The first-order chi connectivity index (χ1) is 16.6. The molecule has 186 valence electrons. The molecule has 3 aliphatic rings. The zero-order chi connectivity index (χ0) is 25.5. The van der Waals surface area contributed by atoms with Gasteiger partial charge >= 0.3 is 30.9 Å². The third kappa shape index (κ3) is 4.19. The molecule has 0 unspecified atom stereocenters. The van der Waals surface area contributed by atoms with Crippen molar-refractivity contribution in [2.24, 2.45) is 11.1 Å². The second kappa shape index (κ2) is 9.19. The smallest absolute Gasteiger partial charge is 0.534 e. The lowest BCUT2D eigenvalue weighted by Gasteiger charge is -2.50. The van der Waals surface area contributed by atoms with Crippen molar-refractivity contribution in [3.05, 3.63) is 29.3 Å². The fourth-order valence-electron chi connectivity index (χ4n) is 4.55. The first-order valence-corrected chi connectivity index (χ1v) is 11.2. The first kappa shape index (κ1) is 24.5. The molecule has 1 atom stereocenters. The number of carbonyl (C=O) groups excluding carboxylic acids is 4. The molecule has 3 aliphatic heterocycles. The third-order valence-electron chi connectivity index (χ3n) is 6.72. The number of benzene rings is 1. The van der Waals surface area contributed by atoms with E-state index in [4.69, 9.17) is 10.4 Å². The van der Waals surface area contributed by atoms with Gasteiger partial charge < -0.3 is 35.6 Å². The van der Waals surface area contributed by atoms with Crippen LogP contribution in [0.15, 0.2) is 18.2 Å². The number of carbonyl (C=O) groups is 5. The molecule has 14 heteroatoms. The lowest BCUT2D eigenvalue weighted by Crippen LogP contribution is -2.71. The minimum absolute atomic E-state index is 0.0503. The van der Waals surface area contributed by atoms with Crippen LogP contribution in [0, 0.1) is 5.41 Å². The number of carboxylic acids is 1. The number of hydrogen-bond acceptors (Lipinski definition) is 8. The Kier molecular flexibility index (Phi) is 6.43. The van der Waals surface area contributed by atoms with Gasteiger partial charge in [-0.1, -0.05) is 12.1 Å². The molecule has 0 spiro atoms. The highest BCUT2D eigenvalue weighted by molar-refractivity contribution is 6.47. The van der Waals surface area contributed by atoms with Gasteiger partial charge in [0.25, 0.3) is 0 Å². The molecule has 0 bridgehead atoms. The monoisotopic (exact) mass is 487 g/mol. The predicted molar refractivity (Wildman–Crippen MR) is 120 cm³/mol. The number of hydrogen-bond donors (Lipinski definition) is 4. The summed E-state index contributed by atoms with van der Waals surface area (Å²) in [6.07, 6.45) is 0.130. The van der Waals surface area contributed by atoms with E-state index < -0.39 is 48.2 Å². The van der Waals surface area contributed by atoms with E-state index in [-0.39, 0.29) is 50.5 Å². The van der Waals surface area contributed by atoms with Crippen molar-refractivity contribution in [3.8, 4) is 5.75 Å². The molecule has 2 fully saturated rings. The summed E-state index contributed by atoms with van der Waals surface area (Å²) in [5.41, 5.74) is 5.15. The van der Waals surface area contributed by atoms with Crippen molar-refractivity contribution in [1.82, 2.24) is 20.0 Å². The van der Waals surface area contributed by atoms with Crippen LogP contribution in [-0.2, 0) is 20.8 Å². The molecule has 0 aromatic heterocycles. The molecule has 1 aromatic rings. The van der Waals surface area contributed by atoms with Crippen LogP contribution in [0.3, 0.4) is 0 Å². The second-order valence-corrected chi connectivity index (χ2v) is 8.86. The summed E-state index contributed by atoms with van der Waals surface area (Å²) < 4.78 is 5.40. The van der Waals surface area contributed by atoms with Crippen molar-refractivity contribution in [2.45, 2.75) is 19.3 Å². The van der Waals surface area contributed by atoms with Crippen molar-refractivity contribution in [3.63, 3.8) is 0 Å². The molecule has 35 heavy (non-hydrogen) atoms. The minimum atomic E-state index is -1.49. The number of nitrogens with one attached hydrogen (secondary N) is 1. The summed E-state index contributed by atoms with van der Waals surface area (Å²) in [6, 6.07) is 3.89. The molecule has 0 saturated carbocycles. The van der Waals surface area contributed by atoms with E-state index in [9.17, 15) is 34.1 Å². The summed E-state index contributed by atoms with van der Waals surface area (Å²) in [5.74, 6) is -4.17. The average molecular weight is 487 g/mol. The van der Waals surface area contributed by atoms with E-state index in [1.807, 2.05) is 0 Å². The fourth-order valence-corrected chi connectivity index (χ4v) is 4.55. The third-order valence-corrected chi connectivity index (χ3v) is 6.72. The molecular formula is C21H26BN5O8. The van der Waals surface area contributed by atoms with Gasteiger partial charge in [-0.15, -0.1) is 0 Å². The number of piperazine rings is 1. The Morgan fingerprint density at radius 3 is 2.57 bits per heavy atom. The van der Waals surface area contributed by atoms with Gasteiger partial charge in [-0.05, 0) is 25.0 Å². The van der Waals surface area contributed by atoms with Crippen LogP contribution < -0.4 is 15.7 Å². The number of nitrogens with two attached hydrogens (primary N) is 1. The van der Waals surface area contributed by atoms with Gasteiger partial charge in [-0.3, -0.25) is 19.3 Å². The van der Waals surface area contributed by atoms with Crippen LogP contribution in [0.4, 0.5) is 4.79 Å². The Labute approximate surface area is 200 Å². The zero-order valence-electron chi connectivity index (χ0n) is 19.1. The molecule has 0 aliphatic carbocycles. The van der Waals surface area contributed by atoms with E-state index in [1.165, 1.54) is 15.9 Å². The van der Waals surface area contributed by atoms with Crippen molar-refractivity contribution in [1.29, 1.82) is 0 Å². The summed E-state index contributed by atoms with van der Waals surface area (Å²) in [5, 5.41) is 22.4. The second-order valence-electron chi connectivity index (χ2n) is 8.86. The highest BCUT2D eigenvalue weighted by Crippen LogP contribution is 2.33. The summed E-state index contributed by atoms with van der Waals surface area (Å²) in [7, 11) is -1.49. The van der Waals surface area contributed by atoms with Crippen LogP contribution in [0.5, 0.6) is 5.75 Å². The molecule has 4 rings (SSSR count). The lowest BCUT2D eigenvalue weighted by atomic mass is 9.70. The molecule has 2 saturated heterocycles. The Balaban J connectivity index is 1.40. The molecule has 5 amide bonds. The predicted octanol–water partition coefficient (Wildman–Crippen LogP) is -2.10. The maximum absolute atomic E-state index is 13.1. The van der Waals surface area contributed by atoms with Crippen molar-refractivity contribution < 1.29 is 38.8 Å². The van der Waals surface area contributed by atoms with E-state index in [0.717, 1.165) is 4.90 Å². The van der Waals surface area contributed by atoms with Gasteiger partial charge in [0.15, 0.2) is 0 Å². The zero-order valence-corrected chi connectivity index (χ0v) is 19.1. The molecular weight excluding hydrogens is 461 g/mol. The summed E-state index contributed by atoms with van der Waals surface area (Å²) >= 11 is 0. The average Bonchev–Trinajstić information content (AvgIpc) is 2.80. The van der Waals surface area contributed by atoms with Crippen LogP contribution in [-0.4, -0.2) is 107 Å². The first-order valence-electron chi connectivity index (χ1n) is 11.2. The number of nitrogens with zero attached hydrogens (tertiary/aromatic N) is 3. The topological polar surface area (TPSA) is 183 Å². The van der Waals surface area contributed by atoms with E-state index >= 15 is 0 Å². The van der Waals surface area contributed by atoms with Gasteiger partial charge in [-0.2, -0.15) is 0 Å². The van der Waals surface area contributed by atoms with E-state index in [2.05, 4.69) is 5.32 Å².